The summed E-state index contributed by atoms with van der Waals surface area (Å²) in [5, 5.41) is 24.2. The van der Waals surface area contributed by atoms with E-state index in [-0.39, 0.29) is 23.4 Å². The molecule has 10 heteroatoms. The SMILES string of the molecule is CC(C)CN(C(=O)c1cnc(C(C)(C)C)nc1NCc1ccco1)[C@H](CO)CNC(=O)O. The fourth-order valence-electron chi connectivity index (χ4n) is 3.04. The third-order valence-corrected chi connectivity index (χ3v) is 4.66. The van der Waals surface area contributed by atoms with Gasteiger partial charge in [0.2, 0.25) is 0 Å². The van der Waals surface area contributed by atoms with Crippen LogP contribution in [0.2, 0.25) is 0 Å². The van der Waals surface area contributed by atoms with Gasteiger partial charge in [-0.1, -0.05) is 34.6 Å². The normalized spacial score (nSPS) is 12.5. The molecule has 0 saturated heterocycles. The molecule has 4 N–H and O–H groups in total. The summed E-state index contributed by atoms with van der Waals surface area (Å²) in [6.07, 6.45) is 1.82. The number of carboxylic acid groups (broad SMARTS) is 1. The number of carbonyl (C=O) groups excluding carboxylic acids is 1. The summed E-state index contributed by atoms with van der Waals surface area (Å²) in [6, 6.07) is 2.85. The van der Waals surface area contributed by atoms with Gasteiger partial charge in [-0.15, -0.1) is 0 Å². The largest absolute Gasteiger partial charge is 0.467 e. The van der Waals surface area contributed by atoms with Crippen molar-refractivity contribution in [2.45, 2.75) is 52.6 Å². The maximum Gasteiger partial charge on any atom is 0.404 e. The van der Waals surface area contributed by atoms with Crippen molar-refractivity contribution in [3.63, 3.8) is 0 Å². The molecule has 0 spiro atoms. The van der Waals surface area contributed by atoms with E-state index in [1.165, 1.54) is 11.1 Å². The van der Waals surface area contributed by atoms with Crippen LogP contribution in [0.5, 0.6) is 0 Å². The summed E-state index contributed by atoms with van der Waals surface area (Å²) >= 11 is 0. The molecule has 2 heterocycles. The molecule has 0 fully saturated rings. The zero-order valence-corrected chi connectivity index (χ0v) is 19.3. The number of hydrogen-bond donors (Lipinski definition) is 4. The second-order valence-electron chi connectivity index (χ2n) is 9.01. The molecule has 0 radical (unpaired) electrons. The van der Waals surface area contributed by atoms with Crippen LogP contribution in [0.15, 0.2) is 29.0 Å². The summed E-state index contributed by atoms with van der Waals surface area (Å²) in [4.78, 5) is 35.0. The molecule has 0 aliphatic heterocycles. The first-order valence-corrected chi connectivity index (χ1v) is 10.5. The number of aliphatic hydroxyl groups is 1. The van der Waals surface area contributed by atoms with E-state index in [0.29, 0.717) is 30.5 Å². The predicted molar refractivity (Wildman–Crippen MR) is 120 cm³/mol. The molecular weight excluding hydrogens is 414 g/mol. The van der Waals surface area contributed by atoms with Crippen LogP contribution in [0.3, 0.4) is 0 Å². The molecule has 2 rings (SSSR count). The molecule has 0 aliphatic rings. The summed E-state index contributed by atoms with van der Waals surface area (Å²) in [6.45, 7) is 9.96. The molecule has 0 unspecified atom stereocenters. The quantitative estimate of drug-likeness (QED) is 0.436. The van der Waals surface area contributed by atoms with Crippen molar-refractivity contribution in [2.24, 2.45) is 5.92 Å². The average molecular weight is 448 g/mol. The summed E-state index contributed by atoms with van der Waals surface area (Å²) < 4.78 is 5.36. The number of nitrogens with zero attached hydrogens (tertiary/aromatic N) is 3. The van der Waals surface area contributed by atoms with Crippen LogP contribution < -0.4 is 10.6 Å². The monoisotopic (exact) mass is 447 g/mol. The molecule has 2 amide bonds. The van der Waals surface area contributed by atoms with Gasteiger partial charge >= 0.3 is 6.09 Å². The van der Waals surface area contributed by atoms with E-state index >= 15 is 0 Å². The van der Waals surface area contributed by atoms with Gasteiger partial charge in [-0.25, -0.2) is 14.8 Å². The first-order valence-electron chi connectivity index (χ1n) is 10.5. The maximum absolute atomic E-state index is 13.6. The second kappa shape index (κ2) is 10.9. The van der Waals surface area contributed by atoms with Crippen molar-refractivity contribution < 1.29 is 24.2 Å². The highest BCUT2D eigenvalue weighted by molar-refractivity contribution is 5.98. The molecule has 2 aromatic heterocycles. The number of aromatic nitrogens is 2. The van der Waals surface area contributed by atoms with E-state index in [1.54, 1.807) is 12.3 Å². The highest BCUT2D eigenvalue weighted by Gasteiger charge is 2.29. The topological polar surface area (TPSA) is 141 Å². The Labute approximate surface area is 188 Å². The summed E-state index contributed by atoms with van der Waals surface area (Å²) in [5.74, 6) is 1.29. The Morgan fingerprint density at radius 1 is 1.28 bits per heavy atom. The Hall–Kier alpha value is -3.14. The molecule has 176 valence electrons. The van der Waals surface area contributed by atoms with Gasteiger partial charge in [0.25, 0.3) is 5.91 Å². The number of amides is 2. The fourth-order valence-corrected chi connectivity index (χ4v) is 3.04. The molecular formula is C22H33N5O5. The van der Waals surface area contributed by atoms with Crippen LogP contribution in [0.1, 0.15) is 56.6 Å². The van der Waals surface area contributed by atoms with Crippen molar-refractivity contribution in [1.82, 2.24) is 20.2 Å². The highest BCUT2D eigenvalue weighted by Crippen LogP contribution is 2.24. The minimum atomic E-state index is -1.22. The number of rotatable bonds is 10. The molecule has 10 nitrogen and oxygen atoms in total. The predicted octanol–water partition coefficient (Wildman–Crippen LogP) is 2.71. The van der Waals surface area contributed by atoms with Gasteiger partial charge < -0.3 is 30.2 Å². The highest BCUT2D eigenvalue weighted by atomic mass is 16.4. The third-order valence-electron chi connectivity index (χ3n) is 4.66. The lowest BCUT2D eigenvalue weighted by Gasteiger charge is -2.32. The number of furan rings is 1. The van der Waals surface area contributed by atoms with Gasteiger partial charge in [0.05, 0.1) is 25.5 Å². The number of carbonyl (C=O) groups is 2. The first-order chi connectivity index (χ1) is 15.0. The molecule has 2 aromatic rings. The van der Waals surface area contributed by atoms with E-state index in [0.717, 1.165) is 0 Å². The van der Waals surface area contributed by atoms with Crippen LogP contribution >= 0.6 is 0 Å². The van der Waals surface area contributed by atoms with Crippen LogP contribution in [-0.2, 0) is 12.0 Å². The minimum absolute atomic E-state index is 0.0899. The summed E-state index contributed by atoms with van der Waals surface area (Å²) in [7, 11) is 0. The number of hydrogen-bond acceptors (Lipinski definition) is 7. The lowest BCUT2D eigenvalue weighted by molar-refractivity contribution is 0.0558. The Balaban J connectivity index is 2.42. The number of aliphatic hydroxyl groups excluding tert-OH is 1. The first kappa shape index (κ1) is 25.1. The zero-order valence-electron chi connectivity index (χ0n) is 19.3. The standard InChI is InChI=1S/C22H33N5O5/c1-14(2)12-27(15(13-28)9-25-21(30)31)19(29)17-11-24-20(22(3,4)5)26-18(17)23-10-16-7-6-8-32-16/h6-8,11,14-15,25,28H,9-10,12-13H2,1-5H3,(H,30,31)(H,23,24,26)/t15-/m0/s1. The Morgan fingerprint density at radius 2 is 2.00 bits per heavy atom. The van der Waals surface area contributed by atoms with E-state index in [4.69, 9.17) is 9.52 Å². The summed E-state index contributed by atoms with van der Waals surface area (Å²) in [5.41, 5.74) is -0.0988. The van der Waals surface area contributed by atoms with Gasteiger partial charge in [0.15, 0.2) is 0 Å². The van der Waals surface area contributed by atoms with Crippen molar-refractivity contribution in [2.75, 3.05) is 25.0 Å². The molecule has 0 saturated carbocycles. The molecule has 0 aliphatic carbocycles. The van der Waals surface area contributed by atoms with Gasteiger partial charge in [0.1, 0.15) is 23.0 Å². The zero-order chi connectivity index (χ0) is 23.9. The van der Waals surface area contributed by atoms with Crippen molar-refractivity contribution in [3.8, 4) is 0 Å². The van der Waals surface area contributed by atoms with Crippen LogP contribution in [-0.4, -0.2) is 62.8 Å². The Bertz CT molecular complexity index is 893. The Kier molecular flexibility index (Phi) is 8.59. The fraction of sp³-hybridized carbons (Fsp3) is 0.545. The van der Waals surface area contributed by atoms with Crippen molar-refractivity contribution in [3.05, 3.63) is 41.7 Å². The minimum Gasteiger partial charge on any atom is -0.467 e. The van der Waals surface area contributed by atoms with Crippen LogP contribution in [0.25, 0.3) is 0 Å². The maximum atomic E-state index is 13.6. The molecule has 0 aromatic carbocycles. The second-order valence-corrected chi connectivity index (χ2v) is 9.01. The van der Waals surface area contributed by atoms with E-state index in [1.807, 2.05) is 40.7 Å². The van der Waals surface area contributed by atoms with E-state index in [2.05, 4.69) is 20.6 Å². The van der Waals surface area contributed by atoms with E-state index < -0.39 is 24.6 Å². The molecule has 1 atom stereocenters. The molecule has 0 bridgehead atoms. The van der Waals surface area contributed by atoms with Crippen molar-refractivity contribution in [1.29, 1.82) is 0 Å². The molecule has 32 heavy (non-hydrogen) atoms. The number of anilines is 1. The smallest absolute Gasteiger partial charge is 0.404 e. The lowest BCUT2D eigenvalue weighted by Crippen LogP contribution is -2.50. The van der Waals surface area contributed by atoms with Crippen LogP contribution in [0.4, 0.5) is 10.6 Å². The third kappa shape index (κ3) is 6.94. The average Bonchev–Trinajstić information content (AvgIpc) is 3.23. The van der Waals surface area contributed by atoms with Gasteiger partial charge in [-0.2, -0.15) is 0 Å². The lowest BCUT2D eigenvalue weighted by atomic mass is 9.95. The van der Waals surface area contributed by atoms with Gasteiger partial charge in [0, 0.05) is 24.7 Å². The van der Waals surface area contributed by atoms with E-state index in [9.17, 15) is 14.7 Å². The van der Waals surface area contributed by atoms with Crippen LogP contribution in [0, 0.1) is 5.92 Å². The van der Waals surface area contributed by atoms with Gasteiger partial charge in [-0.3, -0.25) is 4.79 Å². The Morgan fingerprint density at radius 3 is 2.53 bits per heavy atom. The van der Waals surface area contributed by atoms with Gasteiger partial charge in [-0.05, 0) is 18.1 Å². The van der Waals surface area contributed by atoms with Crippen molar-refractivity contribution >= 4 is 17.8 Å². The number of nitrogens with one attached hydrogen (secondary N) is 2.